The zero-order valence-corrected chi connectivity index (χ0v) is 11.4. The van der Waals surface area contributed by atoms with Gasteiger partial charge in [-0.25, -0.2) is 0 Å². The lowest BCUT2D eigenvalue weighted by molar-refractivity contribution is 0.103. The van der Waals surface area contributed by atoms with E-state index in [9.17, 15) is 4.79 Å². The monoisotopic (exact) mass is 292 g/mol. The fourth-order valence-electron chi connectivity index (χ4n) is 1.66. The maximum Gasteiger partial charge on any atom is 0.196 e. The van der Waals surface area contributed by atoms with E-state index < -0.39 is 0 Å². The third-order valence-electron chi connectivity index (χ3n) is 2.73. The molecule has 0 aliphatic carbocycles. The van der Waals surface area contributed by atoms with Crippen LogP contribution in [0.1, 0.15) is 28.4 Å². The predicted octanol–water partition coefficient (Wildman–Crippen LogP) is 3.20. The van der Waals surface area contributed by atoms with Crippen molar-refractivity contribution in [2.75, 3.05) is 0 Å². The van der Waals surface area contributed by atoms with E-state index in [1.54, 1.807) is 17.1 Å². The Hall–Kier alpha value is -1.42. The number of carbonyl (C=O) groups is 1. The van der Waals surface area contributed by atoms with Crippen molar-refractivity contribution in [2.45, 2.75) is 20.4 Å². The topological polar surface area (TPSA) is 34.9 Å². The number of carbonyl (C=O) groups excluding carboxylic acids is 1. The largest absolute Gasteiger partial charge is 0.288 e. The molecule has 4 heteroatoms. The Kier molecular flexibility index (Phi) is 3.43. The second-order valence-electron chi connectivity index (χ2n) is 3.83. The number of hydrogen-bond donors (Lipinski definition) is 0. The Morgan fingerprint density at radius 3 is 2.88 bits per heavy atom. The normalized spacial score (nSPS) is 10.5. The van der Waals surface area contributed by atoms with E-state index >= 15 is 0 Å². The minimum Gasteiger partial charge on any atom is -0.288 e. The Morgan fingerprint density at radius 2 is 2.24 bits per heavy atom. The van der Waals surface area contributed by atoms with E-state index in [0.717, 1.165) is 22.1 Å². The molecule has 0 atom stereocenters. The standard InChI is InChI=1S/C13H13BrN2O/c1-3-16-8-10(7-15-16)13(17)11-5-4-6-12(14)9(11)2/h4-8H,3H2,1-2H3. The predicted molar refractivity (Wildman–Crippen MR) is 70.2 cm³/mol. The van der Waals surface area contributed by atoms with Crippen LogP contribution in [-0.4, -0.2) is 15.6 Å². The van der Waals surface area contributed by atoms with Crippen LogP contribution in [0.3, 0.4) is 0 Å². The molecule has 1 aromatic carbocycles. The van der Waals surface area contributed by atoms with E-state index in [1.165, 1.54) is 0 Å². The Bertz CT molecular complexity index is 560. The molecule has 2 rings (SSSR count). The van der Waals surface area contributed by atoms with Crippen LogP contribution in [0, 0.1) is 6.92 Å². The van der Waals surface area contributed by atoms with Gasteiger partial charge in [0.15, 0.2) is 5.78 Å². The van der Waals surface area contributed by atoms with Crippen LogP contribution >= 0.6 is 15.9 Å². The number of nitrogens with zero attached hydrogens (tertiary/aromatic N) is 2. The molecule has 0 N–H and O–H groups in total. The summed E-state index contributed by atoms with van der Waals surface area (Å²) in [6, 6.07) is 5.64. The second kappa shape index (κ2) is 4.84. The molecule has 1 aromatic heterocycles. The zero-order chi connectivity index (χ0) is 12.4. The zero-order valence-electron chi connectivity index (χ0n) is 9.77. The van der Waals surface area contributed by atoms with Crippen molar-refractivity contribution in [1.29, 1.82) is 0 Å². The van der Waals surface area contributed by atoms with Gasteiger partial charge in [-0.05, 0) is 25.5 Å². The van der Waals surface area contributed by atoms with Crippen LogP contribution in [0.25, 0.3) is 0 Å². The summed E-state index contributed by atoms with van der Waals surface area (Å²) in [5.74, 6) is 0.0171. The Labute approximate surface area is 109 Å². The van der Waals surface area contributed by atoms with Gasteiger partial charge in [-0.2, -0.15) is 5.10 Å². The summed E-state index contributed by atoms with van der Waals surface area (Å²) in [5, 5.41) is 4.12. The summed E-state index contributed by atoms with van der Waals surface area (Å²) < 4.78 is 2.70. The van der Waals surface area contributed by atoms with Gasteiger partial charge < -0.3 is 0 Å². The lowest BCUT2D eigenvalue weighted by Gasteiger charge is -2.04. The SMILES string of the molecule is CCn1cc(C(=O)c2cccc(Br)c2C)cn1. The number of aryl methyl sites for hydroxylation is 1. The molecule has 1 heterocycles. The van der Waals surface area contributed by atoms with Gasteiger partial charge in [0.25, 0.3) is 0 Å². The van der Waals surface area contributed by atoms with E-state index in [0.29, 0.717) is 5.56 Å². The maximum atomic E-state index is 12.3. The molecule has 0 amide bonds. The van der Waals surface area contributed by atoms with Crippen LogP contribution in [0.15, 0.2) is 35.1 Å². The molecule has 0 unspecified atom stereocenters. The molecule has 0 fully saturated rings. The minimum atomic E-state index is 0.0171. The highest BCUT2D eigenvalue weighted by Crippen LogP contribution is 2.21. The minimum absolute atomic E-state index is 0.0171. The fraction of sp³-hybridized carbons (Fsp3) is 0.231. The third-order valence-corrected chi connectivity index (χ3v) is 3.59. The van der Waals surface area contributed by atoms with Crippen LogP contribution in [0.5, 0.6) is 0 Å². The van der Waals surface area contributed by atoms with Gasteiger partial charge in [-0.15, -0.1) is 0 Å². The average Bonchev–Trinajstić information content (AvgIpc) is 2.80. The molecular formula is C13H13BrN2O. The first-order chi connectivity index (χ1) is 8.13. The summed E-state index contributed by atoms with van der Waals surface area (Å²) in [6.45, 7) is 4.69. The highest BCUT2D eigenvalue weighted by atomic mass is 79.9. The van der Waals surface area contributed by atoms with E-state index in [-0.39, 0.29) is 5.78 Å². The summed E-state index contributed by atoms with van der Waals surface area (Å²) in [7, 11) is 0. The highest BCUT2D eigenvalue weighted by molar-refractivity contribution is 9.10. The molecule has 0 radical (unpaired) electrons. The quantitative estimate of drug-likeness (QED) is 0.814. The number of halogens is 1. The summed E-state index contributed by atoms with van der Waals surface area (Å²) in [4.78, 5) is 12.3. The Balaban J connectivity index is 2.40. The molecule has 0 bridgehead atoms. The first-order valence-corrected chi connectivity index (χ1v) is 6.25. The lowest BCUT2D eigenvalue weighted by atomic mass is 10.0. The van der Waals surface area contributed by atoms with Crippen LogP contribution < -0.4 is 0 Å². The number of benzene rings is 1. The molecule has 0 saturated carbocycles. The van der Waals surface area contributed by atoms with Gasteiger partial charge in [0.1, 0.15) is 0 Å². The molecule has 17 heavy (non-hydrogen) atoms. The maximum absolute atomic E-state index is 12.3. The van der Waals surface area contributed by atoms with E-state index in [4.69, 9.17) is 0 Å². The summed E-state index contributed by atoms with van der Waals surface area (Å²) in [5.41, 5.74) is 2.31. The van der Waals surface area contributed by atoms with Crippen molar-refractivity contribution in [1.82, 2.24) is 9.78 Å². The van der Waals surface area contributed by atoms with E-state index in [2.05, 4.69) is 21.0 Å². The number of ketones is 1. The van der Waals surface area contributed by atoms with Crippen molar-refractivity contribution in [3.8, 4) is 0 Å². The number of rotatable bonds is 3. The molecule has 3 nitrogen and oxygen atoms in total. The molecule has 88 valence electrons. The fourth-order valence-corrected chi connectivity index (χ4v) is 2.03. The summed E-state index contributed by atoms with van der Waals surface area (Å²) >= 11 is 3.43. The molecular weight excluding hydrogens is 280 g/mol. The number of aromatic nitrogens is 2. The third kappa shape index (κ3) is 2.31. The van der Waals surface area contributed by atoms with Gasteiger partial charge >= 0.3 is 0 Å². The van der Waals surface area contributed by atoms with Crippen LogP contribution in [0.4, 0.5) is 0 Å². The van der Waals surface area contributed by atoms with Crippen molar-refractivity contribution in [2.24, 2.45) is 0 Å². The lowest BCUT2D eigenvalue weighted by Crippen LogP contribution is -2.03. The van der Waals surface area contributed by atoms with Gasteiger partial charge in [-0.3, -0.25) is 9.48 Å². The van der Waals surface area contributed by atoms with Crippen molar-refractivity contribution < 1.29 is 4.79 Å². The van der Waals surface area contributed by atoms with E-state index in [1.807, 2.05) is 32.0 Å². The average molecular weight is 293 g/mol. The molecule has 0 aliphatic heterocycles. The Morgan fingerprint density at radius 1 is 1.47 bits per heavy atom. The number of hydrogen-bond acceptors (Lipinski definition) is 2. The van der Waals surface area contributed by atoms with Gasteiger partial charge in [0, 0.05) is 22.8 Å². The first kappa shape index (κ1) is 12.0. The second-order valence-corrected chi connectivity index (χ2v) is 4.68. The molecule has 2 aromatic rings. The van der Waals surface area contributed by atoms with Gasteiger partial charge in [-0.1, -0.05) is 28.1 Å². The molecule has 0 saturated heterocycles. The van der Waals surface area contributed by atoms with Crippen molar-refractivity contribution >= 4 is 21.7 Å². The smallest absolute Gasteiger partial charge is 0.196 e. The summed E-state index contributed by atoms with van der Waals surface area (Å²) in [6.07, 6.45) is 3.40. The van der Waals surface area contributed by atoms with Gasteiger partial charge in [0.2, 0.25) is 0 Å². The first-order valence-electron chi connectivity index (χ1n) is 5.45. The molecule has 0 aliphatic rings. The van der Waals surface area contributed by atoms with Crippen LogP contribution in [-0.2, 0) is 6.54 Å². The van der Waals surface area contributed by atoms with Crippen LogP contribution in [0.2, 0.25) is 0 Å². The van der Waals surface area contributed by atoms with Crippen molar-refractivity contribution in [3.63, 3.8) is 0 Å². The molecule has 0 spiro atoms. The highest BCUT2D eigenvalue weighted by Gasteiger charge is 2.14. The van der Waals surface area contributed by atoms with Crippen molar-refractivity contribution in [3.05, 3.63) is 51.8 Å². The van der Waals surface area contributed by atoms with Gasteiger partial charge in [0.05, 0.1) is 11.8 Å².